The number of rotatable bonds is 3. The molecule has 0 saturated carbocycles. The van der Waals surface area contributed by atoms with Crippen molar-refractivity contribution < 1.29 is 14.7 Å². The highest BCUT2D eigenvalue weighted by atomic mass is 32.1. The molecule has 0 bridgehead atoms. The van der Waals surface area contributed by atoms with Crippen molar-refractivity contribution in [3.8, 4) is 0 Å². The second-order valence-electron chi connectivity index (χ2n) is 5.34. The van der Waals surface area contributed by atoms with Crippen molar-refractivity contribution >= 4 is 23.3 Å². The quantitative estimate of drug-likeness (QED) is 0.901. The standard InChI is InChI=1S/C14H20N2O3S/c1-4-14(3,12(17)18)15-13(19)16-7-5-11-10(9(16)2)6-8-20-11/h6,8-9H,4-5,7H2,1-3H3,(H,15,19)(H,17,18). The first kappa shape index (κ1) is 14.8. The summed E-state index contributed by atoms with van der Waals surface area (Å²) in [6, 6.07) is 1.72. The predicted octanol–water partition coefficient (Wildman–Crippen LogP) is 2.63. The van der Waals surface area contributed by atoms with E-state index in [2.05, 4.69) is 5.32 Å². The molecular formula is C14H20N2O3S. The van der Waals surface area contributed by atoms with Gasteiger partial charge in [-0.05, 0) is 43.7 Å². The highest BCUT2D eigenvalue weighted by Crippen LogP contribution is 2.32. The zero-order chi connectivity index (χ0) is 14.9. The number of carboxylic acids is 1. The zero-order valence-electron chi connectivity index (χ0n) is 12.0. The Hall–Kier alpha value is -1.56. The van der Waals surface area contributed by atoms with Crippen molar-refractivity contribution in [3.63, 3.8) is 0 Å². The largest absolute Gasteiger partial charge is 0.480 e. The molecule has 20 heavy (non-hydrogen) atoms. The van der Waals surface area contributed by atoms with Crippen molar-refractivity contribution in [2.45, 2.75) is 45.2 Å². The first-order valence-corrected chi connectivity index (χ1v) is 7.65. The Morgan fingerprint density at radius 1 is 1.60 bits per heavy atom. The Kier molecular flexibility index (Phi) is 4.04. The van der Waals surface area contributed by atoms with Crippen LogP contribution in [0.4, 0.5) is 4.79 Å². The van der Waals surface area contributed by atoms with Crippen molar-refractivity contribution in [2.75, 3.05) is 6.54 Å². The smallest absolute Gasteiger partial charge is 0.329 e. The summed E-state index contributed by atoms with van der Waals surface area (Å²) in [5, 5.41) is 13.9. The Morgan fingerprint density at radius 3 is 2.90 bits per heavy atom. The van der Waals surface area contributed by atoms with E-state index in [0.717, 1.165) is 6.42 Å². The molecule has 5 nitrogen and oxygen atoms in total. The van der Waals surface area contributed by atoms with E-state index in [9.17, 15) is 14.7 Å². The summed E-state index contributed by atoms with van der Waals surface area (Å²) in [7, 11) is 0. The number of thiophene rings is 1. The number of amides is 2. The van der Waals surface area contributed by atoms with E-state index in [0.29, 0.717) is 13.0 Å². The van der Waals surface area contributed by atoms with E-state index >= 15 is 0 Å². The van der Waals surface area contributed by atoms with E-state index in [1.54, 1.807) is 23.2 Å². The van der Waals surface area contributed by atoms with Crippen LogP contribution in [0, 0.1) is 0 Å². The van der Waals surface area contributed by atoms with Gasteiger partial charge >= 0.3 is 12.0 Å². The molecule has 0 aliphatic carbocycles. The lowest BCUT2D eigenvalue weighted by atomic mass is 9.98. The Labute approximate surface area is 122 Å². The molecular weight excluding hydrogens is 276 g/mol. The minimum Gasteiger partial charge on any atom is -0.480 e. The maximum Gasteiger partial charge on any atom is 0.329 e. The van der Waals surface area contributed by atoms with Gasteiger partial charge in [-0.2, -0.15) is 0 Å². The fourth-order valence-electron chi connectivity index (χ4n) is 2.39. The second kappa shape index (κ2) is 5.44. The number of fused-ring (bicyclic) bond motifs is 1. The number of carbonyl (C=O) groups is 2. The third kappa shape index (κ3) is 2.52. The number of carbonyl (C=O) groups excluding carboxylic acids is 1. The van der Waals surface area contributed by atoms with Crippen LogP contribution in [-0.2, 0) is 11.2 Å². The highest BCUT2D eigenvalue weighted by molar-refractivity contribution is 7.10. The van der Waals surface area contributed by atoms with Gasteiger partial charge in [-0.15, -0.1) is 11.3 Å². The minimum absolute atomic E-state index is 0.0140. The van der Waals surface area contributed by atoms with Gasteiger partial charge in [-0.25, -0.2) is 9.59 Å². The van der Waals surface area contributed by atoms with Gasteiger partial charge in [-0.3, -0.25) is 0 Å². The Morgan fingerprint density at radius 2 is 2.30 bits per heavy atom. The number of hydrogen-bond donors (Lipinski definition) is 2. The van der Waals surface area contributed by atoms with E-state index in [1.165, 1.54) is 17.4 Å². The molecule has 1 aliphatic heterocycles. The van der Waals surface area contributed by atoms with Crippen LogP contribution in [0.1, 0.15) is 43.7 Å². The van der Waals surface area contributed by atoms with Gasteiger partial charge in [0.05, 0.1) is 6.04 Å². The topological polar surface area (TPSA) is 69.6 Å². The summed E-state index contributed by atoms with van der Waals surface area (Å²) in [4.78, 5) is 26.7. The zero-order valence-corrected chi connectivity index (χ0v) is 12.8. The normalized spacial score (nSPS) is 20.9. The van der Waals surface area contributed by atoms with Crippen molar-refractivity contribution in [2.24, 2.45) is 0 Å². The average Bonchev–Trinajstić information content (AvgIpc) is 2.87. The van der Waals surface area contributed by atoms with Gasteiger partial charge in [-0.1, -0.05) is 6.92 Å². The van der Waals surface area contributed by atoms with Crippen LogP contribution >= 0.6 is 11.3 Å². The van der Waals surface area contributed by atoms with Crippen LogP contribution in [0.3, 0.4) is 0 Å². The van der Waals surface area contributed by atoms with E-state index in [1.807, 2.05) is 18.4 Å². The van der Waals surface area contributed by atoms with E-state index < -0.39 is 11.5 Å². The minimum atomic E-state index is -1.22. The van der Waals surface area contributed by atoms with Crippen molar-refractivity contribution in [3.05, 3.63) is 21.9 Å². The number of carboxylic acid groups (broad SMARTS) is 1. The summed E-state index contributed by atoms with van der Waals surface area (Å²) in [6.45, 7) is 5.90. The maximum atomic E-state index is 12.4. The van der Waals surface area contributed by atoms with Gasteiger partial charge in [0.1, 0.15) is 5.54 Å². The maximum absolute atomic E-state index is 12.4. The first-order valence-electron chi connectivity index (χ1n) is 6.77. The SMILES string of the molecule is CCC(C)(NC(=O)N1CCc2sccc2C1C)C(=O)O. The molecule has 2 heterocycles. The first-order chi connectivity index (χ1) is 9.39. The predicted molar refractivity (Wildman–Crippen MR) is 78.0 cm³/mol. The fraction of sp³-hybridized carbons (Fsp3) is 0.571. The van der Waals surface area contributed by atoms with E-state index in [-0.39, 0.29) is 12.1 Å². The lowest BCUT2D eigenvalue weighted by molar-refractivity contribution is -0.143. The van der Waals surface area contributed by atoms with Gasteiger partial charge < -0.3 is 15.3 Å². The average molecular weight is 296 g/mol. The molecule has 2 unspecified atom stereocenters. The molecule has 110 valence electrons. The Bertz CT molecular complexity index is 528. The van der Waals surface area contributed by atoms with Crippen molar-refractivity contribution in [1.82, 2.24) is 10.2 Å². The summed E-state index contributed by atoms with van der Waals surface area (Å²) >= 11 is 1.71. The number of nitrogens with zero attached hydrogens (tertiary/aromatic N) is 1. The number of nitrogens with one attached hydrogen (secondary N) is 1. The van der Waals surface area contributed by atoms with Crippen LogP contribution in [0.25, 0.3) is 0 Å². The molecule has 2 N–H and O–H groups in total. The molecule has 0 fully saturated rings. The molecule has 6 heteroatoms. The molecule has 0 radical (unpaired) electrons. The molecule has 0 aromatic carbocycles. The monoisotopic (exact) mass is 296 g/mol. The number of hydrogen-bond acceptors (Lipinski definition) is 3. The molecule has 2 rings (SSSR count). The number of aliphatic carboxylic acids is 1. The van der Waals surface area contributed by atoms with E-state index in [4.69, 9.17) is 0 Å². The highest BCUT2D eigenvalue weighted by Gasteiger charge is 2.36. The Balaban J connectivity index is 2.13. The molecule has 0 saturated heterocycles. The fourth-order valence-corrected chi connectivity index (χ4v) is 3.35. The van der Waals surface area contributed by atoms with Gasteiger partial charge in [0.2, 0.25) is 0 Å². The van der Waals surface area contributed by atoms with Crippen molar-refractivity contribution in [1.29, 1.82) is 0 Å². The second-order valence-corrected chi connectivity index (χ2v) is 6.34. The summed E-state index contributed by atoms with van der Waals surface area (Å²) in [5.74, 6) is -1.01. The summed E-state index contributed by atoms with van der Waals surface area (Å²) < 4.78 is 0. The summed E-state index contributed by atoms with van der Waals surface area (Å²) in [6.07, 6.45) is 1.18. The van der Waals surface area contributed by atoms with Gasteiger partial charge in [0.15, 0.2) is 0 Å². The molecule has 1 aromatic rings. The van der Waals surface area contributed by atoms with Gasteiger partial charge in [0, 0.05) is 11.4 Å². The third-order valence-corrected chi connectivity index (χ3v) is 5.10. The molecule has 1 aromatic heterocycles. The third-order valence-electron chi connectivity index (χ3n) is 4.10. The lowest BCUT2D eigenvalue weighted by Crippen LogP contribution is -2.56. The van der Waals surface area contributed by atoms with Gasteiger partial charge in [0.25, 0.3) is 0 Å². The molecule has 0 spiro atoms. The van der Waals surface area contributed by atoms with Crippen LogP contribution in [0.5, 0.6) is 0 Å². The number of urea groups is 1. The van der Waals surface area contributed by atoms with Crippen LogP contribution in [0.2, 0.25) is 0 Å². The molecule has 2 amide bonds. The molecule has 1 aliphatic rings. The summed E-state index contributed by atoms with van der Waals surface area (Å²) in [5.41, 5.74) is -0.0453. The lowest BCUT2D eigenvalue weighted by Gasteiger charge is -2.36. The van der Waals surface area contributed by atoms with Crippen LogP contribution in [-0.4, -0.2) is 34.1 Å². The van der Waals surface area contributed by atoms with Crippen LogP contribution in [0.15, 0.2) is 11.4 Å². The van der Waals surface area contributed by atoms with Crippen LogP contribution < -0.4 is 5.32 Å². The molecule has 2 atom stereocenters.